The zero-order valence-electron chi connectivity index (χ0n) is 14.0. The van der Waals surface area contributed by atoms with Crippen molar-refractivity contribution in [3.63, 3.8) is 0 Å². The molecule has 0 amide bonds. The van der Waals surface area contributed by atoms with E-state index in [1.165, 1.54) is 18.4 Å². The topological polar surface area (TPSA) is 44.6 Å². The summed E-state index contributed by atoms with van der Waals surface area (Å²) in [5, 5.41) is 16.9. The van der Waals surface area contributed by atoms with E-state index in [9.17, 15) is 5.21 Å². The van der Waals surface area contributed by atoms with Crippen molar-refractivity contribution < 1.29 is 5.21 Å². The number of hydrogen-bond donors (Lipinski definition) is 2. The molecule has 1 saturated carbocycles. The molecule has 0 bridgehead atoms. The zero-order chi connectivity index (χ0) is 17.6. The van der Waals surface area contributed by atoms with Gasteiger partial charge < -0.3 is 10.5 Å². The molecule has 3 rings (SSSR count). The Balaban J connectivity index is 1.54. The van der Waals surface area contributed by atoms with E-state index in [-0.39, 0.29) is 0 Å². The first-order valence-electron chi connectivity index (χ1n) is 8.63. The molecule has 0 aromatic heterocycles. The lowest BCUT2D eigenvalue weighted by atomic mass is 9.77. The Morgan fingerprint density at radius 2 is 1.72 bits per heavy atom. The second kappa shape index (κ2) is 8.59. The van der Waals surface area contributed by atoms with Crippen LogP contribution in [-0.2, 0) is 0 Å². The fraction of sp³-hybridized carbons (Fsp3) is 0.350. The molecular weight excluding hydrogens is 355 g/mol. The first kappa shape index (κ1) is 18.1. The van der Waals surface area contributed by atoms with E-state index in [2.05, 4.69) is 40.8 Å². The smallest absolute Gasteiger partial charge is 0.146 e. The van der Waals surface area contributed by atoms with Crippen LogP contribution in [0.2, 0.25) is 10.0 Å². The van der Waals surface area contributed by atoms with Crippen molar-refractivity contribution in [3.05, 3.63) is 64.1 Å². The first-order chi connectivity index (χ1) is 12.2. The highest BCUT2D eigenvalue weighted by atomic mass is 35.5. The number of nitrogens with one attached hydrogen (secondary N) is 1. The van der Waals surface area contributed by atoms with Gasteiger partial charge in [0.1, 0.15) is 5.84 Å². The fourth-order valence-electron chi connectivity index (χ4n) is 3.56. The maximum absolute atomic E-state index is 9.34. The minimum Gasteiger partial charge on any atom is -0.409 e. The molecule has 2 aromatic carbocycles. The van der Waals surface area contributed by atoms with Crippen LogP contribution in [0.5, 0.6) is 0 Å². The summed E-state index contributed by atoms with van der Waals surface area (Å²) in [5.74, 6) is 1.75. The van der Waals surface area contributed by atoms with Crippen LogP contribution in [-0.4, -0.2) is 11.0 Å². The first-order valence-corrected chi connectivity index (χ1v) is 9.39. The Bertz CT molecular complexity index is 726. The molecule has 132 valence electrons. The van der Waals surface area contributed by atoms with Gasteiger partial charge in [0.05, 0.1) is 10.0 Å². The Kier molecular flexibility index (Phi) is 6.22. The monoisotopic (exact) mass is 376 g/mol. The molecule has 0 radical (unpaired) electrons. The maximum atomic E-state index is 9.34. The summed E-state index contributed by atoms with van der Waals surface area (Å²) in [4.78, 5) is 0. The third-order valence-electron chi connectivity index (χ3n) is 4.93. The van der Waals surface area contributed by atoms with Crippen molar-refractivity contribution in [1.82, 2.24) is 0 Å². The summed E-state index contributed by atoms with van der Waals surface area (Å²) < 4.78 is 0. The highest BCUT2D eigenvalue weighted by Gasteiger charge is 2.23. The molecule has 25 heavy (non-hydrogen) atoms. The zero-order valence-corrected chi connectivity index (χ0v) is 15.5. The van der Waals surface area contributed by atoms with Gasteiger partial charge >= 0.3 is 0 Å². The average Bonchev–Trinajstić information content (AvgIpc) is 2.65. The van der Waals surface area contributed by atoms with Gasteiger partial charge in [0.15, 0.2) is 0 Å². The van der Waals surface area contributed by atoms with Gasteiger partial charge in [-0.15, -0.1) is 0 Å². The van der Waals surface area contributed by atoms with E-state index in [0.717, 1.165) is 24.9 Å². The van der Waals surface area contributed by atoms with Gasteiger partial charge in [0.2, 0.25) is 0 Å². The summed E-state index contributed by atoms with van der Waals surface area (Å²) in [5.41, 5.74) is 2.21. The molecule has 1 aliphatic carbocycles. The van der Waals surface area contributed by atoms with Crippen molar-refractivity contribution in [3.8, 4) is 0 Å². The van der Waals surface area contributed by atoms with Crippen LogP contribution in [0, 0.1) is 5.92 Å². The fourth-order valence-corrected chi connectivity index (χ4v) is 3.85. The van der Waals surface area contributed by atoms with Crippen molar-refractivity contribution in [2.24, 2.45) is 11.1 Å². The summed E-state index contributed by atoms with van der Waals surface area (Å²) in [6, 6.07) is 16.0. The number of nitrogens with zero attached hydrogens (tertiary/aromatic N) is 1. The van der Waals surface area contributed by atoms with E-state index >= 15 is 0 Å². The van der Waals surface area contributed by atoms with Gasteiger partial charge in [0, 0.05) is 12.1 Å². The van der Waals surface area contributed by atoms with Crippen LogP contribution in [0.15, 0.2) is 53.7 Å². The number of benzene rings is 2. The second-order valence-corrected chi connectivity index (χ2v) is 7.45. The third-order valence-corrected chi connectivity index (χ3v) is 5.67. The second-order valence-electron chi connectivity index (χ2n) is 6.63. The minimum absolute atomic E-state index is 0.479. The molecule has 0 atom stereocenters. The summed E-state index contributed by atoms with van der Waals surface area (Å²) in [6.07, 6.45) is 5.38. The Hall–Kier alpha value is -1.71. The van der Waals surface area contributed by atoms with Gasteiger partial charge in [-0.25, -0.2) is 0 Å². The lowest BCUT2D eigenvalue weighted by molar-refractivity contribution is 0.306. The number of hydrogen-bond acceptors (Lipinski definition) is 2. The molecule has 0 heterocycles. The van der Waals surface area contributed by atoms with Crippen LogP contribution < -0.4 is 5.32 Å². The average molecular weight is 377 g/mol. The van der Waals surface area contributed by atoms with Crippen LogP contribution in [0.25, 0.3) is 0 Å². The van der Waals surface area contributed by atoms with E-state index in [4.69, 9.17) is 23.2 Å². The van der Waals surface area contributed by atoms with E-state index < -0.39 is 0 Å². The van der Waals surface area contributed by atoms with Gasteiger partial charge in [-0.05, 0) is 61.3 Å². The van der Waals surface area contributed by atoms with E-state index in [1.54, 1.807) is 12.1 Å². The molecule has 0 aliphatic heterocycles. The van der Waals surface area contributed by atoms with Gasteiger partial charge in [-0.2, -0.15) is 0 Å². The van der Waals surface area contributed by atoms with E-state index in [0.29, 0.717) is 27.7 Å². The predicted molar refractivity (Wildman–Crippen MR) is 105 cm³/mol. The lowest BCUT2D eigenvalue weighted by Gasteiger charge is -2.29. The van der Waals surface area contributed by atoms with Crippen molar-refractivity contribution in [1.29, 1.82) is 0 Å². The van der Waals surface area contributed by atoms with Crippen molar-refractivity contribution >= 4 is 34.7 Å². The normalized spacial score (nSPS) is 21.1. The van der Waals surface area contributed by atoms with Gasteiger partial charge in [-0.1, -0.05) is 58.7 Å². The Morgan fingerprint density at radius 3 is 2.36 bits per heavy atom. The molecule has 3 nitrogen and oxygen atoms in total. The lowest BCUT2D eigenvalue weighted by Crippen LogP contribution is -2.21. The predicted octanol–water partition coefficient (Wildman–Crippen LogP) is 6.56. The minimum atomic E-state index is 0.479. The highest BCUT2D eigenvalue weighted by molar-refractivity contribution is 6.42. The molecule has 2 aromatic rings. The number of amidine groups is 1. The van der Waals surface area contributed by atoms with Crippen LogP contribution >= 0.6 is 23.2 Å². The van der Waals surface area contributed by atoms with Crippen molar-refractivity contribution in [2.45, 2.75) is 38.0 Å². The number of oxime groups is 1. The third kappa shape index (κ3) is 4.90. The number of halogens is 2. The molecule has 0 saturated heterocycles. The summed E-state index contributed by atoms with van der Waals surface area (Å²) in [7, 11) is 0. The molecule has 1 fully saturated rings. The van der Waals surface area contributed by atoms with Crippen LogP contribution in [0.1, 0.15) is 43.6 Å². The summed E-state index contributed by atoms with van der Waals surface area (Å²) in [6.45, 7) is 0. The van der Waals surface area contributed by atoms with Gasteiger partial charge in [-0.3, -0.25) is 0 Å². The maximum Gasteiger partial charge on any atom is 0.146 e. The van der Waals surface area contributed by atoms with Crippen LogP contribution in [0.4, 0.5) is 5.69 Å². The van der Waals surface area contributed by atoms with Crippen LogP contribution in [0.3, 0.4) is 0 Å². The molecular formula is C20H22Cl2N2O. The molecule has 0 unspecified atom stereocenters. The Labute approximate surface area is 158 Å². The molecule has 1 aliphatic rings. The molecule has 0 spiro atoms. The quantitative estimate of drug-likeness (QED) is 0.274. The summed E-state index contributed by atoms with van der Waals surface area (Å²) >= 11 is 12.0. The standard InChI is InChI=1S/C20H22Cl2N2O/c21-18-11-10-17(13-19(18)22)23-20(24-25)12-14-6-8-16(9-7-14)15-4-2-1-3-5-15/h1-5,10-11,13-14,16,25H,6-9,12H2,(H,23,24)/t14-,16-. The van der Waals surface area contributed by atoms with Gasteiger partial charge in [0.25, 0.3) is 0 Å². The van der Waals surface area contributed by atoms with Crippen molar-refractivity contribution in [2.75, 3.05) is 5.32 Å². The SMILES string of the molecule is ON=C(C[C@H]1CC[C@H](c2ccccc2)CC1)Nc1ccc(Cl)c(Cl)c1. The largest absolute Gasteiger partial charge is 0.409 e. The Morgan fingerprint density at radius 1 is 1.00 bits per heavy atom. The molecule has 5 heteroatoms. The van der Waals surface area contributed by atoms with E-state index in [1.807, 2.05) is 6.07 Å². The number of rotatable bonds is 4. The number of anilines is 1. The molecule has 2 N–H and O–H groups in total. The highest BCUT2D eigenvalue weighted by Crippen LogP contribution is 2.37.